The Hall–Kier alpha value is -3.68. The zero-order valence-corrected chi connectivity index (χ0v) is 16.7. The van der Waals surface area contributed by atoms with Gasteiger partial charge in [0.2, 0.25) is 6.54 Å². The van der Waals surface area contributed by atoms with Gasteiger partial charge in [0.1, 0.15) is 11.7 Å². The Kier molecular flexibility index (Phi) is 6.46. The number of Topliss-reactive ketones (excluding diaryl/α,β-unsaturated/α-hetero) is 1. The third-order valence-electron chi connectivity index (χ3n) is 4.95. The van der Waals surface area contributed by atoms with Gasteiger partial charge in [0.05, 0.1) is 19.6 Å². The first kappa shape index (κ1) is 21.0. The van der Waals surface area contributed by atoms with Crippen LogP contribution in [0.4, 0.5) is 0 Å². The van der Waals surface area contributed by atoms with E-state index in [1.807, 2.05) is 6.07 Å². The highest BCUT2D eigenvalue weighted by Gasteiger charge is 2.40. The molecule has 3 aromatic rings. The van der Waals surface area contributed by atoms with E-state index in [-0.39, 0.29) is 12.2 Å². The van der Waals surface area contributed by atoms with Crippen LogP contribution < -0.4 is 4.74 Å². The molecule has 0 amide bonds. The number of hydrogen-bond acceptors (Lipinski definition) is 6. The second-order valence-corrected chi connectivity index (χ2v) is 6.77. The SMILES string of the molecule is CCOC(=O)C(C(=O)c1ccc(OC)cc1)C(C[N+](=O)[O-])c1ccc2cc[nH]c2c1. The Balaban J connectivity index is 2.07. The van der Waals surface area contributed by atoms with E-state index >= 15 is 0 Å². The summed E-state index contributed by atoms with van der Waals surface area (Å²) in [5.74, 6) is -3.10. The van der Waals surface area contributed by atoms with E-state index < -0.39 is 35.1 Å². The van der Waals surface area contributed by atoms with E-state index in [0.29, 0.717) is 11.3 Å². The maximum atomic E-state index is 13.3. The molecule has 1 heterocycles. The van der Waals surface area contributed by atoms with Crippen LogP contribution in [0.15, 0.2) is 54.7 Å². The lowest BCUT2D eigenvalue weighted by Gasteiger charge is -2.22. The molecule has 1 aromatic heterocycles. The summed E-state index contributed by atoms with van der Waals surface area (Å²) in [5, 5.41) is 12.4. The molecule has 0 saturated heterocycles. The monoisotopic (exact) mass is 410 g/mol. The first-order chi connectivity index (χ1) is 14.4. The number of benzene rings is 2. The molecule has 0 bridgehead atoms. The van der Waals surface area contributed by atoms with E-state index in [0.717, 1.165) is 10.9 Å². The Morgan fingerprint density at radius 3 is 2.50 bits per heavy atom. The van der Waals surface area contributed by atoms with Gasteiger partial charge in [-0.1, -0.05) is 12.1 Å². The second kappa shape index (κ2) is 9.21. The number of nitrogens with zero attached hydrogens (tertiary/aromatic N) is 1. The van der Waals surface area contributed by atoms with Crippen LogP contribution in [0.3, 0.4) is 0 Å². The van der Waals surface area contributed by atoms with Crippen LogP contribution >= 0.6 is 0 Å². The molecular weight excluding hydrogens is 388 g/mol. The molecular formula is C22H22N2O6. The number of H-pyrrole nitrogens is 1. The van der Waals surface area contributed by atoms with Crippen molar-refractivity contribution in [3.8, 4) is 5.75 Å². The molecule has 3 rings (SSSR count). The molecule has 1 N–H and O–H groups in total. The number of fused-ring (bicyclic) bond motifs is 1. The van der Waals surface area contributed by atoms with Crippen LogP contribution in [0.5, 0.6) is 5.75 Å². The molecule has 0 spiro atoms. The highest BCUT2D eigenvalue weighted by atomic mass is 16.6. The van der Waals surface area contributed by atoms with E-state index in [1.54, 1.807) is 43.5 Å². The van der Waals surface area contributed by atoms with Gasteiger partial charge in [-0.05, 0) is 54.3 Å². The van der Waals surface area contributed by atoms with Crippen molar-refractivity contribution in [3.63, 3.8) is 0 Å². The minimum atomic E-state index is -1.35. The highest BCUT2D eigenvalue weighted by Crippen LogP contribution is 2.31. The van der Waals surface area contributed by atoms with Gasteiger partial charge in [0, 0.05) is 22.2 Å². The van der Waals surface area contributed by atoms with Crippen molar-refractivity contribution in [2.75, 3.05) is 20.3 Å². The van der Waals surface area contributed by atoms with Crippen molar-refractivity contribution in [2.24, 2.45) is 5.92 Å². The quantitative estimate of drug-likeness (QED) is 0.190. The summed E-state index contributed by atoms with van der Waals surface area (Å²) in [7, 11) is 1.50. The van der Waals surface area contributed by atoms with Crippen molar-refractivity contribution >= 4 is 22.7 Å². The number of nitro groups is 1. The van der Waals surface area contributed by atoms with Gasteiger partial charge >= 0.3 is 5.97 Å². The largest absolute Gasteiger partial charge is 0.497 e. The van der Waals surface area contributed by atoms with Crippen molar-refractivity contribution in [1.29, 1.82) is 0 Å². The summed E-state index contributed by atoms with van der Waals surface area (Å²) < 4.78 is 10.2. The van der Waals surface area contributed by atoms with Gasteiger partial charge in [-0.2, -0.15) is 0 Å². The summed E-state index contributed by atoms with van der Waals surface area (Å²) in [5.41, 5.74) is 1.53. The van der Waals surface area contributed by atoms with Gasteiger partial charge < -0.3 is 14.5 Å². The van der Waals surface area contributed by atoms with Gasteiger partial charge in [0.25, 0.3) is 0 Å². The predicted octanol–water partition coefficient (Wildman–Crippen LogP) is 3.60. The standard InChI is InChI=1S/C22H22N2O6/c1-3-30-22(26)20(21(25)15-6-8-17(29-2)9-7-15)18(13-24(27)28)16-5-4-14-10-11-23-19(14)12-16/h4-12,18,20,23H,3,13H2,1-2H3. The molecule has 2 atom stereocenters. The number of ether oxygens (including phenoxy) is 2. The molecule has 0 aliphatic heterocycles. The Bertz CT molecular complexity index is 1060. The minimum Gasteiger partial charge on any atom is -0.497 e. The molecule has 0 fully saturated rings. The number of hydrogen-bond donors (Lipinski definition) is 1. The fraction of sp³-hybridized carbons (Fsp3) is 0.273. The average molecular weight is 410 g/mol. The summed E-state index contributed by atoms with van der Waals surface area (Å²) in [4.78, 5) is 40.1. The summed E-state index contributed by atoms with van der Waals surface area (Å²) in [6, 6.07) is 13.4. The van der Waals surface area contributed by atoms with E-state index in [1.165, 1.54) is 19.2 Å². The molecule has 156 valence electrons. The van der Waals surface area contributed by atoms with Gasteiger partial charge in [-0.25, -0.2) is 0 Å². The van der Waals surface area contributed by atoms with Gasteiger partial charge in [-0.15, -0.1) is 0 Å². The first-order valence-corrected chi connectivity index (χ1v) is 9.48. The molecule has 0 aliphatic rings. The summed E-state index contributed by atoms with van der Waals surface area (Å²) in [6.07, 6.45) is 1.75. The molecule has 0 radical (unpaired) electrons. The lowest BCUT2D eigenvalue weighted by molar-refractivity contribution is -0.484. The van der Waals surface area contributed by atoms with E-state index in [9.17, 15) is 19.7 Å². The van der Waals surface area contributed by atoms with Crippen LogP contribution in [0.2, 0.25) is 0 Å². The predicted molar refractivity (Wildman–Crippen MR) is 110 cm³/mol. The molecule has 2 unspecified atom stereocenters. The van der Waals surface area contributed by atoms with Crippen LogP contribution in [0, 0.1) is 16.0 Å². The number of esters is 1. The normalized spacial score (nSPS) is 12.9. The number of nitrogens with one attached hydrogen (secondary N) is 1. The molecule has 8 nitrogen and oxygen atoms in total. The van der Waals surface area contributed by atoms with Crippen molar-refractivity contribution in [3.05, 3.63) is 76.0 Å². The number of methoxy groups -OCH3 is 1. The summed E-state index contributed by atoms with van der Waals surface area (Å²) >= 11 is 0. The molecule has 0 saturated carbocycles. The topological polar surface area (TPSA) is 112 Å². The number of ketones is 1. The molecule has 2 aromatic carbocycles. The highest BCUT2D eigenvalue weighted by molar-refractivity contribution is 6.09. The number of rotatable bonds is 9. The number of carbonyl (C=O) groups excluding carboxylic acids is 2. The first-order valence-electron chi connectivity index (χ1n) is 9.48. The number of aromatic amines is 1. The van der Waals surface area contributed by atoms with Crippen LogP contribution in [0.1, 0.15) is 28.8 Å². The summed E-state index contributed by atoms with van der Waals surface area (Å²) in [6.45, 7) is 1.10. The number of aromatic nitrogens is 1. The van der Waals surface area contributed by atoms with Gasteiger partial charge in [0.15, 0.2) is 5.78 Å². The minimum absolute atomic E-state index is 0.0616. The van der Waals surface area contributed by atoms with Crippen LogP contribution in [-0.2, 0) is 9.53 Å². The van der Waals surface area contributed by atoms with Crippen LogP contribution in [-0.4, -0.2) is 41.9 Å². The van der Waals surface area contributed by atoms with E-state index in [4.69, 9.17) is 9.47 Å². The maximum absolute atomic E-state index is 13.3. The smallest absolute Gasteiger partial charge is 0.317 e. The second-order valence-electron chi connectivity index (χ2n) is 6.77. The van der Waals surface area contributed by atoms with Crippen molar-refractivity contribution < 1.29 is 24.0 Å². The molecule has 0 aliphatic carbocycles. The lowest BCUT2D eigenvalue weighted by Crippen LogP contribution is -2.35. The maximum Gasteiger partial charge on any atom is 0.317 e. The zero-order valence-electron chi connectivity index (χ0n) is 16.7. The average Bonchev–Trinajstić information content (AvgIpc) is 3.21. The van der Waals surface area contributed by atoms with E-state index in [2.05, 4.69) is 4.98 Å². The number of carbonyl (C=O) groups is 2. The third kappa shape index (κ3) is 4.48. The Morgan fingerprint density at radius 2 is 1.87 bits per heavy atom. The zero-order chi connectivity index (χ0) is 21.7. The third-order valence-corrected chi connectivity index (χ3v) is 4.95. The lowest BCUT2D eigenvalue weighted by atomic mass is 9.81. The van der Waals surface area contributed by atoms with Gasteiger partial charge in [-0.3, -0.25) is 19.7 Å². The molecule has 30 heavy (non-hydrogen) atoms. The Labute approximate surface area is 173 Å². The fourth-order valence-corrected chi connectivity index (χ4v) is 3.48. The van der Waals surface area contributed by atoms with Crippen molar-refractivity contribution in [1.82, 2.24) is 4.98 Å². The Morgan fingerprint density at radius 1 is 1.13 bits per heavy atom. The van der Waals surface area contributed by atoms with Crippen molar-refractivity contribution in [2.45, 2.75) is 12.8 Å². The molecule has 8 heteroatoms. The van der Waals surface area contributed by atoms with Crippen LogP contribution in [0.25, 0.3) is 10.9 Å². The fourth-order valence-electron chi connectivity index (χ4n) is 3.48.